The van der Waals surface area contributed by atoms with E-state index in [2.05, 4.69) is 20.9 Å². The Labute approximate surface area is 105 Å². The van der Waals surface area contributed by atoms with Crippen LogP contribution in [0.15, 0.2) is 22.8 Å². The average molecular weight is 300 g/mol. The molecule has 2 aromatic rings. The molecule has 1 aromatic heterocycles. The second-order valence-corrected chi connectivity index (χ2v) is 4.50. The zero-order valence-corrected chi connectivity index (χ0v) is 10.4. The van der Waals surface area contributed by atoms with Gasteiger partial charge in [-0.15, -0.1) is 0 Å². The summed E-state index contributed by atoms with van der Waals surface area (Å²) in [5, 5.41) is 0.791. The van der Waals surface area contributed by atoms with Gasteiger partial charge in [0.2, 0.25) is 0 Å². The lowest BCUT2D eigenvalue weighted by atomic mass is 10.1. The maximum atomic E-state index is 13.7. The van der Waals surface area contributed by atoms with Crippen molar-refractivity contribution in [3.05, 3.63) is 34.3 Å². The van der Waals surface area contributed by atoms with Crippen molar-refractivity contribution >= 4 is 49.6 Å². The number of hydrogen-bond acceptors (Lipinski definition) is 3. The largest absolute Gasteiger partial charge is 0.398 e. The molecule has 1 aromatic carbocycles. The fourth-order valence-electron chi connectivity index (χ4n) is 1.52. The van der Waals surface area contributed by atoms with Gasteiger partial charge in [0.25, 0.3) is 0 Å². The van der Waals surface area contributed by atoms with E-state index in [-0.39, 0.29) is 4.99 Å². The maximum Gasteiger partial charge on any atom is 0.132 e. The SMILES string of the molecule is NC(=S)c1ncc(Br)c2c(F)ccc(N)c12. The van der Waals surface area contributed by atoms with Gasteiger partial charge in [0.15, 0.2) is 0 Å². The fourth-order valence-corrected chi connectivity index (χ4v) is 2.16. The molecule has 0 aliphatic rings. The number of nitrogen functional groups attached to an aromatic ring is 1. The summed E-state index contributed by atoms with van der Waals surface area (Å²) >= 11 is 8.08. The van der Waals surface area contributed by atoms with Crippen LogP contribution < -0.4 is 11.5 Å². The number of aromatic nitrogens is 1. The highest BCUT2D eigenvalue weighted by Gasteiger charge is 2.14. The van der Waals surface area contributed by atoms with E-state index in [1.165, 1.54) is 18.3 Å². The highest BCUT2D eigenvalue weighted by atomic mass is 79.9. The summed E-state index contributed by atoms with van der Waals surface area (Å²) < 4.78 is 14.2. The van der Waals surface area contributed by atoms with Crippen molar-refractivity contribution in [2.24, 2.45) is 5.73 Å². The van der Waals surface area contributed by atoms with Gasteiger partial charge in [0.1, 0.15) is 16.5 Å². The molecule has 0 atom stereocenters. The first kappa shape index (κ1) is 11.2. The van der Waals surface area contributed by atoms with Crippen LogP contribution in [0.5, 0.6) is 0 Å². The van der Waals surface area contributed by atoms with E-state index in [1.54, 1.807) is 0 Å². The molecule has 3 nitrogen and oxygen atoms in total. The molecular weight excluding hydrogens is 293 g/mol. The molecule has 0 fully saturated rings. The van der Waals surface area contributed by atoms with Crippen LogP contribution in [-0.2, 0) is 0 Å². The van der Waals surface area contributed by atoms with Crippen LogP contribution in [0, 0.1) is 5.82 Å². The Balaban J connectivity index is 3.03. The van der Waals surface area contributed by atoms with Crippen molar-refractivity contribution in [2.75, 3.05) is 5.73 Å². The van der Waals surface area contributed by atoms with Crippen molar-refractivity contribution in [3.63, 3.8) is 0 Å². The Bertz CT molecular complexity index is 592. The zero-order chi connectivity index (χ0) is 11.9. The van der Waals surface area contributed by atoms with E-state index in [4.69, 9.17) is 23.7 Å². The molecule has 82 valence electrons. The Morgan fingerprint density at radius 1 is 1.38 bits per heavy atom. The van der Waals surface area contributed by atoms with Gasteiger partial charge in [-0.1, -0.05) is 12.2 Å². The van der Waals surface area contributed by atoms with E-state index in [0.717, 1.165) is 0 Å². The first-order valence-electron chi connectivity index (χ1n) is 4.34. The van der Waals surface area contributed by atoms with E-state index >= 15 is 0 Å². The smallest absolute Gasteiger partial charge is 0.132 e. The summed E-state index contributed by atoms with van der Waals surface area (Å²) in [6.45, 7) is 0. The van der Waals surface area contributed by atoms with E-state index in [0.29, 0.717) is 26.6 Å². The number of benzene rings is 1. The number of nitrogens with zero attached hydrogens (tertiary/aromatic N) is 1. The summed E-state index contributed by atoms with van der Waals surface area (Å²) in [5.41, 5.74) is 12.0. The molecule has 0 aliphatic carbocycles. The normalized spacial score (nSPS) is 10.6. The van der Waals surface area contributed by atoms with Crippen LogP contribution >= 0.6 is 28.1 Å². The number of hydrogen-bond donors (Lipinski definition) is 2. The zero-order valence-electron chi connectivity index (χ0n) is 8.00. The Morgan fingerprint density at radius 2 is 2.06 bits per heavy atom. The third-order valence-corrected chi connectivity index (χ3v) is 3.00. The van der Waals surface area contributed by atoms with Crippen LogP contribution in [0.1, 0.15) is 5.69 Å². The molecule has 6 heteroatoms. The van der Waals surface area contributed by atoms with Gasteiger partial charge in [-0.05, 0) is 28.1 Å². The standard InChI is InChI=1S/C10H7BrFN3S/c11-4-3-15-9(10(14)16)8-6(13)2-1-5(12)7(4)8/h1-3H,13H2,(H2,14,16). The van der Waals surface area contributed by atoms with Crippen LogP contribution in [0.25, 0.3) is 10.8 Å². The molecule has 4 N–H and O–H groups in total. The van der Waals surface area contributed by atoms with Gasteiger partial charge in [-0.2, -0.15) is 0 Å². The molecule has 1 heterocycles. The quantitative estimate of drug-likeness (QED) is 0.627. The first-order valence-corrected chi connectivity index (χ1v) is 5.54. The van der Waals surface area contributed by atoms with Crippen molar-refractivity contribution in [1.82, 2.24) is 4.98 Å². The number of fused-ring (bicyclic) bond motifs is 1. The van der Waals surface area contributed by atoms with Gasteiger partial charge in [-0.3, -0.25) is 4.98 Å². The van der Waals surface area contributed by atoms with E-state index < -0.39 is 5.82 Å². The lowest BCUT2D eigenvalue weighted by Crippen LogP contribution is -2.13. The first-order chi connectivity index (χ1) is 7.52. The van der Waals surface area contributed by atoms with Crippen LogP contribution in [0.4, 0.5) is 10.1 Å². The van der Waals surface area contributed by atoms with Gasteiger partial charge in [0.05, 0.1) is 0 Å². The third kappa shape index (κ3) is 1.64. The highest BCUT2D eigenvalue weighted by Crippen LogP contribution is 2.31. The van der Waals surface area contributed by atoms with Gasteiger partial charge < -0.3 is 11.5 Å². The summed E-state index contributed by atoms with van der Waals surface area (Å²) in [5.74, 6) is -0.393. The molecule has 0 saturated heterocycles. The predicted octanol–water partition coefficient (Wildman–Crippen LogP) is 2.35. The van der Waals surface area contributed by atoms with E-state index in [1.807, 2.05) is 0 Å². The fraction of sp³-hybridized carbons (Fsp3) is 0. The number of anilines is 1. The summed E-state index contributed by atoms with van der Waals surface area (Å²) in [6.07, 6.45) is 1.46. The summed E-state index contributed by atoms with van der Waals surface area (Å²) in [6, 6.07) is 2.76. The summed E-state index contributed by atoms with van der Waals surface area (Å²) in [4.78, 5) is 4.14. The van der Waals surface area contributed by atoms with Gasteiger partial charge >= 0.3 is 0 Å². The highest BCUT2D eigenvalue weighted by molar-refractivity contribution is 9.10. The molecule has 0 aliphatic heterocycles. The minimum atomic E-state index is -0.393. The van der Waals surface area contributed by atoms with Crippen molar-refractivity contribution < 1.29 is 4.39 Å². The van der Waals surface area contributed by atoms with Gasteiger partial charge in [-0.25, -0.2) is 4.39 Å². The Kier molecular flexibility index (Phi) is 2.77. The molecule has 0 unspecified atom stereocenters. The van der Waals surface area contributed by atoms with Gasteiger partial charge in [0, 0.05) is 27.1 Å². The van der Waals surface area contributed by atoms with E-state index in [9.17, 15) is 4.39 Å². The van der Waals surface area contributed by atoms with Crippen LogP contribution in [0.3, 0.4) is 0 Å². The second kappa shape index (κ2) is 3.95. The molecule has 2 rings (SSSR count). The maximum absolute atomic E-state index is 13.7. The predicted molar refractivity (Wildman–Crippen MR) is 69.7 cm³/mol. The number of thiocarbonyl (C=S) groups is 1. The van der Waals surface area contributed by atoms with Crippen LogP contribution in [0.2, 0.25) is 0 Å². The minimum Gasteiger partial charge on any atom is -0.398 e. The number of pyridine rings is 1. The monoisotopic (exact) mass is 299 g/mol. The lowest BCUT2D eigenvalue weighted by Gasteiger charge is -2.09. The number of nitrogens with two attached hydrogens (primary N) is 2. The van der Waals surface area contributed by atoms with Crippen molar-refractivity contribution in [3.8, 4) is 0 Å². The second-order valence-electron chi connectivity index (χ2n) is 3.21. The third-order valence-electron chi connectivity index (χ3n) is 2.20. The minimum absolute atomic E-state index is 0.0924. The number of halogens is 2. The molecule has 0 bridgehead atoms. The molecule has 0 saturated carbocycles. The Morgan fingerprint density at radius 3 is 2.69 bits per heavy atom. The molecule has 16 heavy (non-hydrogen) atoms. The lowest BCUT2D eigenvalue weighted by molar-refractivity contribution is 0.639. The molecule has 0 spiro atoms. The summed E-state index contributed by atoms with van der Waals surface area (Å²) in [7, 11) is 0. The average Bonchev–Trinajstić information content (AvgIpc) is 2.23. The molecule has 0 amide bonds. The Hall–Kier alpha value is -1.27. The number of rotatable bonds is 1. The topological polar surface area (TPSA) is 64.9 Å². The van der Waals surface area contributed by atoms with Crippen molar-refractivity contribution in [1.29, 1.82) is 0 Å². The van der Waals surface area contributed by atoms with Crippen molar-refractivity contribution in [2.45, 2.75) is 0 Å². The molecule has 0 radical (unpaired) electrons. The van der Waals surface area contributed by atoms with Crippen LogP contribution in [-0.4, -0.2) is 9.97 Å². The molecular formula is C10H7BrFN3S.